The summed E-state index contributed by atoms with van der Waals surface area (Å²) in [6, 6.07) is 16.9. The van der Waals surface area contributed by atoms with Crippen LogP contribution in [-0.4, -0.2) is 48.7 Å². The van der Waals surface area contributed by atoms with E-state index in [1.54, 1.807) is 12.1 Å². The van der Waals surface area contributed by atoms with E-state index < -0.39 is 21.8 Å². The predicted molar refractivity (Wildman–Crippen MR) is 144 cm³/mol. The van der Waals surface area contributed by atoms with Crippen molar-refractivity contribution in [2.75, 3.05) is 13.1 Å². The number of nitrogens with one attached hydrogen (secondary N) is 1. The van der Waals surface area contributed by atoms with Gasteiger partial charge in [0.1, 0.15) is 11.5 Å². The average molecular weight is 557 g/mol. The number of hydrogen-bond acceptors (Lipinski definition) is 6. The summed E-state index contributed by atoms with van der Waals surface area (Å²) in [5.74, 6) is -0.744. The van der Waals surface area contributed by atoms with Crippen LogP contribution in [0.15, 0.2) is 75.1 Å². The third-order valence-corrected chi connectivity index (χ3v) is 8.20. The molecule has 1 aromatic heterocycles. The van der Waals surface area contributed by atoms with Gasteiger partial charge in [0.15, 0.2) is 0 Å². The largest absolute Gasteiger partial charge is 0.459 e. The zero-order valence-electron chi connectivity index (χ0n) is 21.0. The fourth-order valence-electron chi connectivity index (χ4n) is 4.04. The first kappa shape index (κ1) is 27.6. The Morgan fingerprint density at radius 1 is 1.00 bits per heavy atom. The summed E-state index contributed by atoms with van der Waals surface area (Å²) in [6.07, 6.45) is 4.08. The highest BCUT2D eigenvalue weighted by atomic mass is 35.5. The van der Waals surface area contributed by atoms with Crippen LogP contribution in [0.3, 0.4) is 0 Å². The fourth-order valence-corrected chi connectivity index (χ4v) is 5.56. The molecule has 200 valence electrons. The minimum Gasteiger partial charge on any atom is -0.459 e. The van der Waals surface area contributed by atoms with Crippen LogP contribution in [0.1, 0.15) is 41.9 Å². The molecule has 1 N–H and O–H groups in total. The predicted octanol–water partition coefficient (Wildman–Crippen LogP) is 4.10. The standard InChI is InChI=1S/C27H29ClN4O5S/c1-20-5-7-21(8-6-20)18-32(38(35,36)25-13-9-22(28)10-14-25)19-24-12-11-23(37-24)17-29-30-26(33)27(34)31-15-3-2-4-16-31/h5-14,17H,2-4,15-16,18-19H2,1H3,(H,30,33)/b29-17+. The van der Waals surface area contributed by atoms with Crippen molar-refractivity contribution in [3.8, 4) is 0 Å². The van der Waals surface area contributed by atoms with Crippen molar-refractivity contribution in [2.24, 2.45) is 5.10 Å². The summed E-state index contributed by atoms with van der Waals surface area (Å²) in [5, 5.41) is 4.26. The number of piperidine rings is 1. The molecule has 2 heterocycles. The second-order valence-corrected chi connectivity index (χ2v) is 11.4. The number of aryl methyl sites for hydroxylation is 1. The van der Waals surface area contributed by atoms with Gasteiger partial charge >= 0.3 is 11.8 Å². The first-order chi connectivity index (χ1) is 18.2. The summed E-state index contributed by atoms with van der Waals surface area (Å²) in [7, 11) is -3.88. The van der Waals surface area contributed by atoms with Gasteiger partial charge in [0, 0.05) is 24.7 Å². The first-order valence-corrected chi connectivity index (χ1v) is 14.1. The first-order valence-electron chi connectivity index (χ1n) is 12.2. The van der Waals surface area contributed by atoms with Crippen LogP contribution in [0.25, 0.3) is 0 Å². The minimum atomic E-state index is -3.88. The van der Waals surface area contributed by atoms with E-state index >= 15 is 0 Å². The summed E-state index contributed by atoms with van der Waals surface area (Å²) in [4.78, 5) is 26.0. The highest BCUT2D eigenvalue weighted by molar-refractivity contribution is 7.89. The zero-order chi connectivity index (χ0) is 27.1. The molecule has 0 atom stereocenters. The number of carbonyl (C=O) groups excluding carboxylic acids is 2. The Kier molecular flexibility index (Phi) is 8.98. The lowest BCUT2D eigenvalue weighted by atomic mass is 10.1. The molecule has 0 radical (unpaired) electrons. The normalized spacial score (nSPS) is 14.2. The zero-order valence-corrected chi connectivity index (χ0v) is 22.5. The Morgan fingerprint density at radius 2 is 1.68 bits per heavy atom. The summed E-state index contributed by atoms with van der Waals surface area (Å²) >= 11 is 5.95. The number of rotatable bonds is 8. The van der Waals surface area contributed by atoms with Gasteiger partial charge in [-0.05, 0) is 68.1 Å². The third kappa shape index (κ3) is 7.09. The van der Waals surface area contributed by atoms with Gasteiger partial charge in [-0.2, -0.15) is 9.41 Å². The van der Waals surface area contributed by atoms with Crippen molar-refractivity contribution in [3.63, 3.8) is 0 Å². The molecule has 2 amide bonds. The number of hydrazone groups is 1. The van der Waals surface area contributed by atoms with E-state index in [9.17, 15) is 18.0 Å². The van der Waals surface area contributed by atoms with Crippen LogP contribution < -0.4 is 5.43 Å². The fraction of sp³-hybridized carbons (Fsp3) is 0.296. The molecule has 1 aliphatic heterocycles. The topological polar surface area (TPSA) is 112 Å². The van der Waals surface area contributed by atoms with E-state index in [0.29, 0.717) is 29.6 Å². The molecule has 4 rings (SSSR count). The molecule has 1 aliphatic rings. The number of nitrogens with zero attached hydrogens (tertiary/aromatic N) is 3. The van der Waals surface area contributed by atoms with Gasteiger partial charge < -0.3 is 9.32 Å². The molecule has 2 aromatic carbocycles. The van der Waals surface area contributed by atoms with Crippen LogP contribution in [0.4, 0.5) is 0 Å². The monoisotopic (exact) mass is 556 g/mol. The summed E-state index contributed by atoms with van der Waals surface area (Å²) in [6.45, 7) is 3.19. The number of amides is 2. The number of carbonyl (C=O) groups is 2. The maximum Gasteiger partial charge on any atom is 0.329 e. The number of furan rings is 1. The molecule has 0 spiro atoms. The van der Waals surface area contributed by atoms with Crippen molar-refractivity contribution >= 4 is 39.7 Å². The molecule has 9 nitrogen and oxygen atoms in total. The van der Waals surface area contributed by atoms with Crippen molar-refractivity contribution in [3.05, 3.63) is 88.3 Å². The number of hydrogen-bond donors (Lipinski definition) is 1. The van der Waals surface area contributed by atoms with E-state index in [4.69, 9.17) is 16.0 Å². The van der Waals surface area contributed by atoms with Crippen LogP contribution in [0, 0.1) is 6.92 Å². The summed E-state index contributed by atoms with van der Waals surface area (Å²) in [5.41, 5.74) is 4.12. The molecule has 1 saturated heterocycles. The van der Waals surface area contributed by atoms with Crippen molar-refractivity contribution in [1.29, 1.82) is 0 Å². The smallest absolute Gasteiger partial charge is 0.329 e. The highest BCUT2D eigenvalue weighted by Gasteiger charge is 2.26. The van der Waals surface area contributed by atoms with Crippen molar-refractivity contribution in [2.45, 2.75) is 44.2 Å². The Hall–Kier alpha value is -3.47. The van der Waals surface area contributed by atoms with Crippen molar-refractivity contribution < 1.29 is 22.4 Å². The lowest BCUT2D eigenvalue weighted by Crippen LogP contribution is -2.43. The van der Waals surface area contributed by atoms with Gasteiger partial charge in [0.2, 0.25) is 10.0 Å². The van der Waals surface area contributed by atoms with Crippen LogP contribution in [0.2, 0.25) is 5.02 Å². The lowest BCUT2D eigenvalue weighted by Gasteiger charge is -2.25. The average Bonchev–Trinajstić information content (AvgIpc) is 3.37. The van der Waals surface area contributed by atoms with E-state index in [2.05, 4.69) is 10.5 Å². The number of halogens is 1. The quantitative estimate of drug-likeness (QED) is 0.255. The minimum absolute atomic E-state index is 0.0352. The van der Waals surface area contributed by atoms with Gasteiger partial charge in [-0.1, -0.05) is 41.4 Å². The Morgan fingerprint density at radius 3 is 2.37 bits per heavy atom. The maximum absolute atomic E-state index is 13.5. The third-order valence-electron chi connectivity index (χ3n) is 6.14. The number of sulfonamides is 1. The maximum atomic E-state index is 13.5. The SMILES string of the molecule is Cc1ccc(CN(Cc2ccc(/C=N/NC(=O)C(=O)N3CCCCC3)o2)S(=O)(=O)c2ccc(Cl)cc2)cc1. The Balaban J connectivity index is 1.46. The van der Waals surface area contributed by atoms with Gasteiger partial charge in [-0.15, -0.1) is 0 Å². The van der Waals surface area contributed by atoms with Crippen LogP contribution in [-0.2, 0) is 32.7 Å². The Labute approximate surface area is 227 Å². The molecular formula is C27H29ClN4O5S. The van der Waals surface area contributed by atoms with Crippen LogP contribution in [0.5, 0.6) is 0 Å². The molecule has 0 bridgehead atoms. The second kappa shape index (κ2) is 12.4. The molecule has 1 fully saturated rings. The molecule has 38 heavy (non-hydrogen) atoms. The van der Waals surface area contributed by atoms with E-state index in [1.165, 1.54) is 39.7 Å². The van der Waals surface area contributed by atoms with Crippen molar-refractivity contribution in [1.82, 2.24) is 14.6 Å². The lowest BCUT2D eigenvalue weighted by molar-refractivity contribution is -0.146. The second-order valence-electron chi connectivity index (χ2n) is 9.07. The Bertz CT molecular complexity index is 1400. The molecule has 3 aromatic rings. The molecular weight excluding hydrogens is 528 g/mol. The van der Waals surface area contributed by atoms with Gasteiger partial charge in [0.25, 0.3) is 0 Å². The van der Waals surface area contributed by atoms with E-state index in [1.807, 2.05) is 31.2 Å². The van der Waals surface area contributed by atoms with Gasteiger partial charge in [-0.25, -0.2) is 13.8 Å². The highest BCUT2D eigenvalue weighted by Crippen LogP contribution is 2.23. The number of likely N-dealkylation sites (tertiary alicyclic amines) is 1. The van der Waals surface area contributed by atoms with E-state index in [-0.39, 0.29) is 18.0 Å². The van der Waals surface area contributed by atoms with Gasteiger partial charge in [-0.3, -0.25) is 9.59 Å². The van der Waals surface area contributed by atoms with Crippen LogP contribution >= 0.6 is 11.6 Å². The molecule has 11 heteroatoms. The number of benzene rings is 2. The molecule has 0 saturated carbocycles. The van der Waals surface area contributed by atoms with Gasteiger partial charge in [0.05, 0.1) is 17.7 Å². The summed E-state index contributed by atoms with van der Waals surface area (Å²) < 4.78 is 34.1. The molecule has 0 aliphatic carbocycles. The van der Waals surface area contributed by atoms with E-state index in [0.717, 1.165) is 30.4 Å². The molecule has 0 unspecified atom stereocenters.